The zero-order chi connectivity index (χ0) is 18.4. The summed E-state index contributed by atoms with van der Waals surface area (Å²) in [6, 6.07) is 24.3. The highest BCUT2D eigenvalue weighted by Crippen LogP contribution is 2.19. The molecule has 0 aromatic heterocycles. The summed E-state index contributed by atoms with van der Waals surface area (Å²) in [7, 11) is 0. The average molecular weight is 362 g/mol. The van der Waals surface area contributed by atoms with Gasteiger partial charge in [0.05, 0.1) is 0 Å². The van der Waals surface area contributed by atoms with Gasteiger partial charge in [-0.05, 0) is 60.4 Å². The van der Waals surface area contributed by atoms with Crippen LogP contribution in [-0.2, 0) is 11.5 Å². The molecule has 0 aliphatic heterocycles. The van der Waals surface area contributed by atoms with E-state index >= 15 is 0 Å². The van der Waals surface area contributed by atoms with E-state index in [-0.39, 0.29) is 5.91 Å². The summed E-state index contributed by atoms with van der Waals surface area (Å²) in [5.41, 5.74) is 6.48. The van der Waals surface area contributed by atoms with E-state index in [0.717, 1.165) is 17.2 Å². The van der Waals surface area contributed by atoms with Gasteiger partial charge in [0.2, 0.25) is 0 Å². The van der Waals surface area contributed by atoms with Crippen molar-refractivity contribution in [2.75, 3.05) is 5.32 Å². The van der Waals surface area contributed by atoms with Gasteiger partial charge in [-0.2, -0.15) is 11.8 Å². The first-order valence-corrected chi connectivity index (χ1v) is 9.86. The number of benzene rings is 3. The molecule has 3 aromatic carbocycles. The van der Waals surface area contributed by atoms with E-state index in [4.69, 9.17) is 0 Å². The SMILES string of the molecule is Cc1ccc(NC(=O)c2ccc(CSCc3ccccc3)cc2)cc1C. The van der Waals surface area contributed by atoms with E-state index in [9.17, 15) is 4.79 Å². The predicted molar refractivity (Wildman–Crippen MR) is 112 cm³/mol. The Labute approximate surface area is 159 Å². The first kappa shape index (κ1) is 18.3. The molecule has 0 saturated carbocycles. The molecule has 1 amide bonds. The molecule has 0 radical (unpaired) electrons. The number of nitrogens with one attached hydrogen (secondary N) is 1. The Morgan fingerprint density at radius 1 is 0.808 bits per heavy atom. The molecule has 1 N–H and O–H groups in total. The molecule has 0 fully saturated rings. The summed E-state index contributed by atoms with van der Waals surface area (Å²) in [6.07, 6.45) is 0. The summed E-state index contributed by atoms with van der Waals surface area (Å²) in [5, 5.41) is 2.97. The molecule has 0 unspecified atom stereocenters. The van der Waals surface area contributed by atoms with Crippen LogP contribution in [0.3, 0.4) is 0 Å². The fourth-order valence-corrected chi connectivity index (χ4v) is 3.59. The molecular formula is C23H23NOS. The number of anilines is 1. The lowest BCUT2D eigenvalue weighted by atomic mass is 10.1. The van der Waals surface area contributed by atoms with Crippen molar-refractivity contribution in [3.63, 3.8) is 0 Å². The minimum absolute atomic E-state index is 0.0725. The molecule has 26 heavy (non-hydrogen) atoms. The highest BCUT2D eigenvalue weighted by Gasteiger charge is 2.07. The van der Waals surface area contributed by atoms with Crippen molar-refractivity contribution >= 4 is 23.4 Å². The van der Waals surface area contributed by atoms with Crippen LogP contribution >= 0.6 is 11.8 Å². The number of carbonyl (C=O) groups excluding carboxylic acids is 1. The minimum atomic E-state index is -0.0725. The number of thioether (sulfide) groups is 1. The van der Waals surface area contributed by atoms with Crippen molar-refractivity contribution in [1.29, 1.82) is 0 Å². The van der Waals surface area contributed by atoms with E-state index < -0.39 is 0 Å². The number of amides is 1. The lowest BCUT2D eigenvalue weighted by Gasteiger charge is -2.08. The molecule has 0 heterocycles. The third-order valence-corrected chi connectivity index (χ3v) is 5.44. The van der Waals surface area contributed by atoms with Gasteiger partial charge in [0.25, 0.3) is 5.91 Å². The highest BCUT2D eigenvalue weighted by atomic mass is 32.2. The molecular weight excluding hydrogens is 338 g/mol. The fraction of sp³-hybridized carbons (Fsp3) is 0.174. The van der Waals surface area contributed by atoms with Crippen molar-refractivity contribution in [3.8, 4) is 0 Å². The van der Waals surface area contributed by atoms with Gasteiger partial charge >= 0.3 is 0 Å². The number of hydrogen-bond acceptors (Lipinski definition) is 2. The first-order valence-electron chi connectivity index (χ1n) is 8.71. The molecule has 3 aromatic rings. The molecule has 2 nitrogen and oxygen atoms in total. The molecule has 0 aliphatic carbocycles. The predicted octanol–water partition coefficient (Wildman–Crippen LogP) is 5.99. The second-order valence-electron chi connectivity index (χ2n) is 6.43. The lowest BCUT2D eigenvalue weighted by molar-refractivity contribution is 0.102. The van der Waals surface area contributed by atoms with Crippen molar-refractivity contribution in [3.05, 3.63) is 101 Å². The van der Waals surface area contributed by atoms with Gasteiger partial charge in [-0.15, -0.1) is 0 Å². The molecule has 0 bridgehead atoms. The monoisotopic (exact) mass is 361 g/mol. The maximum Gasteiger partial charge on any atom is 0.255 e. The summed E-state index contributed by atoms with van der Waals surface area (Å²) in [5.74, 6) is 1.86. The van der Waals surface area contributed by atoms with E-state index in [1.807, 2.05) is 67.2 Å². The van der Waals surface area contributed by atoms with Crippen LogP contribution in [0.4, 0.5) is 5.69 Å². The lowest BCUT2D eigenvalue weighted by Crippen LogP contribution is -2.12. The van der Waals surface area contributed by atoms with Crippen molar-refractivity contribution in [1.82, 2.24) is 0 Å². The minimum Gasteiger partial charge on any atom is -0.322 e. The van der Waals surface area contributed by atoms with E-state index in [1.165, 1.54) is 22.3 Å². The molecule has 0 spiro atoms. The zero-order valence-corrected chi connectivity index (χ0v) is 16.0. The molecule has 3 rings (SSSR count). The van der Waals surface area contributed by atoms with Gasteiger partial charge < -0.3 is 5.32 Å². The van der Waals surface area contributed by atoms with Gasteiger partial charge in [-0.1, -0.05) is 48.5 Å². The largest absolute Gasteiger partial charge is 0.322 e. The Morgan fingerprint density at radius 2 is 1.46 bits per heavy atom. The quantitative estimate of drug-likeness (QED) is 0.584. The first-order chi connectivity index (χ1) is 12.6. The number of aryl methyl sites for hydroxylation is 2. The number of carbonyl (C=O) groups is 1. The van der Waals surface area contributed by atoms with Crippen LogP contribution in [0.5, 0.6) is 0 Å². The van der Waals surface area contributed by atoms with Crippen LogP contribution in [-0.4, -0.2) is 5.91 Å². The van der Waals surface area contributed by atoms with Crippen LogP contribution in [0.15, 0.2) is 72.8 Å². The van der Waals surface area contributed by atoms with Gasteiger partial charge in [-0.3, -0.25) is 4.79 Å². The maximum atomic E-state index is 12.4. The molecule has 132 valence electrons. The van der Waals surface area contributed by atoms with Gasteiger partial charge in [0.15, 0.2) is 0 Å². The Balaban J connectivity index is 1.54. The van der Waals surface area contributed by atoms with E-state index in [0.29, 0.717) is 5.56 Å². The Bertz CT molecular complexity index is 872. The Morgan fingerprint density at radius 3 is 2.12 bits per heavy atom. The fourth-order valence-electron chi connectivity index (χ4n) is 2.64. The van der Waals surface area contributed by atoms with Crippen molar-refractivity contribution < 1.29 is 4.79 Å². The van der Waals surface area contributed by atoms with E-state index in [2.05, 4.69) is 36.5 Å². The standard InChI is InChI=1S/C23H23NOS/c1-17-8-13-22(14-18(17)2)24-23(25)21-11-9-20(10-12-21)16-26-15-19-6-4-3-5-7-19/h3-14H,15-16H2,1-2H3,(H,24,25). The third kappa shape index (κ3) is 4.99. The topological polar surface area (TPSA) is 29.1 Å². The van der Waals surface area contributed by atoms with Gasteiger partial charge in [0.1, 0.15) is 0 Å². The summed E-state index contributed by atoms with van der Waals surface area (Å²) >= 11 is 1.88. The van der Waals surface area contributed by atoms with Crippen LogP contribution in [0.2, 0.25) is 0 Å². The number of rotatable bonds is 6. The average Bonchev–Trinajstić information content (AvgIpc) is 2.66. The molecule has 3 heteroatoms. The molecule has 0 atom stereocenters. The van der Waals surface area contributed by atoms with Crippen molar-refractivity contribution in [2.24, 2.45) is 0 Å². The summed E-state index contributed by atoms with van der Waals surface area (Å²) in [4.78, 5) is 12.4. The molecule has 0 aliphatic rings. The maximum absolute atomic E-state index is 12.4. The van der Waals surface area contributed by atoms with Crippen molar-refractivity contribution in [2.45, 2.75) is 25.4 Å². The van der Waals surface area contributed by atoms with Crippen LogP contribution in [0.1, 0.15) is 32.6 Å². The van der Waals surface area contributed by atoms with E-state index in [1.54, 1.807) is 0 Å². The van der Waals surface area contributed by atoms with Crippen LogP contribution < -0.4 is 5.32 Å². The Kier molecular flexibility index (Phi) is 6.13. The van der Waals surface area contributed by atoms with Gasteiger partial charge in [-0.25, -0.2) is 0 Å². The molecule has 0 saturated heterocycles. The summed E-state index contributed by atoms with van der Waals surface area (Å²) in [6.45, 7) is 4.11. The van der Waals surface area contributed by atoms with Crippen LogP contribution in [0.25, 0.3) is 0 Å². The highest BCUT2D eigenvalue weighted by molar-refractivity contribution is 7.97. The zero-order valence-electron chi connectivity index (χ0n) is 15.2. The Hall–Kier alpha value is -2.52. The van der Waals surface area contributed by atoms with Crippen LogP contribution in [0, 0.1) is 13.8 Å². The second kappa shape index (κ2) is 8.72. The normalized spacial score (nSPS) is 10.5. The summed E-state index contributed by atoms with van der Waals surface area (Å²) < 4.78 is 0. The van der Waals surface area contributed by atoms with Gasteiger partial charge in [0, 0.05) is 22.8 Å². The third-order valence-electron chi connectivity index (χ3n) is 4.36. The second-order valence-corrected chi connectivity index (χ2v) is 7.41. The number of hydrogen-bond donors (Lipinski definition) is 1. The smallest absolute Gasteiger partial charge is 0.255 e.